The van der Waals surface area contributed by atoms with Crippen molar-refractivity contribution in [3.8, 4) is 0 Å². The Morgan fingerprint density at radius 3 is 1.51 bits per heavy atom. The third-order valence-corrected chi connectivity index (χ3v) is 13.5. The van der Waals surface area contributed by atoms with Crippen molar-refractivity contribution in [2.45, 2.75) is 208 Å². The van der Waals surface area contributed by atoms with Crippen molar-refractivity contribution >= 4 is 51.6 Å². The molecule has 0 fully saturated rings. The Kier molecular flexibility index (Phi) is 36.1. The summed E-state index contributed by atoms with van der Waals surface area (Å²) in [5, 5.41) is 2.80. The molecule has 376 valence electrons. The topological polar surface area (TPSA) is 155 Å². The van der Waals surface area contributed by atoms with E-state index in [2.05, 4.69) is 38.0 Å². The Morgan fingerprint density at radius 1 is 0.615 bits per heavy atom. The van der Waals surface area contributed by atoms with Crippen LogP contribution in [0.3, 0.4) is 0 Å². The van der Waals surface area contributed by atoms with Crippen LogP contribution in [-0.2, 0) is 28.5 Å². The van der Waals surface area contributed by atoms with E-state index in [9.17, 15) is 24.0 Å². The third kappa shape index (κ3) is 31.6. The third-order valence-electron chi connectivity index (χ3n) is 11.1. The van der Waals surface area contributed by atoms with Crippen LogP contribution in [0.15, 0.2) is 12.5 Å². The second-order valence-corrected chi connectivity index (χ2v) is 20.9. The number of rotatable bonds is 40. The summed E-state index contributed by atoms with van der Waals surface area (Å²) in [4.78, 5) is 70.6. The van der Waals surface area contributed by atoms with Gasteiger partial charge in [0.1, 0.15) is 37.4 Å². The fourth-order valence-electron chi connectivity index (χ4n) is 7.30. The molecule has 1 rings (SSSR count). The van der Waals surface area contributed by atoms with Gasteiger partial charge in [0.25, 0.3) is 5.91 Å². The molecule has 0 saturated heterocycles. The molecule has 65 heavy (non-hydrogen) atoms. The highest BCUT2D eigenvalue weighted by atomic mass is 33.1. The fourth-order valence-corrected chi connectivity index (χ4v) is 9.04. The smallest absolute Gasteiger partial charge is 0.419 e. The Balaban J connectivity index is 2.78. The van der Waals surface area contributed by atoms with E-state index in [4.69, 9.17) is 18.9 Å². The SMILES string of the molecule is CCCCCCCCC(CCCCCC)C(=O)OCCN(CCOC(=O)C(CCCCCC)CCCCCCCC)C(=O)OCCSSCCNC(=O)c1cn(C(=O)OC(C)(C)C)cn1. The molecule has 1 aromatic rings. The maximum Gasteiger partial charge on any atom is 0.419 e. The maximum absolute atomic E-state index is 13.4. The molecule has 0 radical (unpaired) electrons. The highest BCUT2D eigenvalue weighted by Crippen LogP contribution is 2.23. The van der Waals surface area contributed by atoms with Crippen LogP contribution in [0.25, 0.3) is 0 Å². The average molecular weight is 955 g/mol. The Bertz CT molecular complexity index is 1360. The minimum Gasteiger partial charge on any atom is -0.464 e. The average Bonchev–Trinajstić information content (AvgIpc) is 3.78. The molecule has 1 N–H and O–H groups in total. The number of esters is 2. The molecule has 2 unspecified atom stereocenters. The van der Waals surface area contributed by atoms with Crippen molar-refractivity contribution in [2.24, 2.45) is 11.8 Å². The van der Waals surface area contributed by atoms with Gasteiger partial charge in [0.2, 0.25) is 0 Å². The van der Waals surface area contributed by atoms with Crippen molar-refractivity contribution < 1.29 is 42.9 Å². The van der Waals surface area contributed by atoms with Crippen LogP contribution in [0.2, 0.25) is 0 Å². The number of carbonyl (C=O) groups excluding carboxylic acids is 5. The fraction of sp³-hybridized carbons (Fsp3) is 0.840. The molecule has 0 aromatic carbocycles. The van der Waals surface area contributed by atoms with Gasteiger partial charge in [0, 0.05) is 24.2 Å². The first-order valence-electron chi connectivity index (χ1n) is 25.4. The lowest BCUT2D eigenvalue weighted by atomic mass is 9.94. The second-order valence-electron chi connectivity index (χ2n) is 18.2. The standard InChI is InChI=1S/C50H90N4O9S2/c1-8-12-16-20-22-26-30-42(28-24-18-14-10-3)46(56)60-35-33-53(34-36-61-47(57)43(29-25-19-15-11-4)31-27-23-21-17-13-9-2)48(58)62-37-39-65-64-38-32-51-45(55)44-40-54(41-52-44)49(59)63-50(5,6)7/h40-43H,8-39H2,1-7H3,(H,51,55). The summed E-state index contributed by atoms with van der Waals surface area (Å²) < 4.78 is 23.8. The summed E-state index contributed by atoms with van der Waals surface area (Å²) in [6.07, 6.45) is 27.5. The van der Waals surface area contributed by atoms with Crippen LogP contribution in [0.4, 0.5) is 9.59 Å². The molecule has 0 bridgehead atoms. The molecule has 0 saturated carbocycles. The van der Waals surface area contributed by atoms with Crippen LogP contribution < -0.4 is 5.32 Å². The molecule has 0 aliphatic rings. The Labute approximate surface area is 401 Å². The van der Waals surface area contributed by atoms with E-state index in [1.807, 2.05) is 0 Å². The number of imidazole rings is 1. The van der Waals surface area contributed by atoms with Crippen molar-refractivity contribution in [1.82, 2.24) is 19.8 Å². The van der Waals surface area contributed by atoms with E-state index in [1.165, 1.54) is 90.4 Å². The van der Waals surface area contributed by atoms with Crippen LogP contribution in [0.1, 0.15) is 213 Å². The molecular formula is C50H90N4O9S2. The van der Waals surface area contributed by atoms with Crippen LogP contribution in [-0.4, -0.2) is 101 Å². The molecule has 0 aliphatic carbocycles. The summed E-state index contributed by atoms with van der Waals surface area (Å²) in [5.74, 6) is 0.0159. The predicted molar refractivity (Wildman–Crippen MR) is 266 cm³/mol. The summed E-state index contributed by atoms with van der Waals surface area (Å²) >= 11 is 0. The molecule has 2 amide bonds. The number of aromatic nitrogens is 2. The van der Waals surface area contributed by atoms with E-state index in [0.717, 1.165) is 107 Å². The first-order chi connectivity index (χ1) is 31.4. The molecule has 1 heterocycles. The second kappa shape index (κ2) is 39.1. The van der Waals surface area contributed by atoms with Crippen molar-refractivity contribution in [1.29, 1.82) is 0 Å². The van der Waals surface area contributed by atoms with Gasteiger partial charge in [0.15, 0.2) is 0 Å². The Morgan fingerprint density at radius 2 is 1.05 bits per heavy atom. The lowest BCUT2D eigenvalue weighted by molar-refractivity contribution is -0.149. The summed E-state index contributed by atoms with van der Waals surface area (Å²) in [6.45, 7) is 15.0. The van der Waals surface area contributed by atoms with Gasteiger partial charge < -0.3 is 29.2 Å². The maximum atomic E-state index is 13.4. The van der Waals surface area contributed by atoms with E-state index >= 15 is 0 Å². The minimum atomic E-state index is -0.670. The molecular weight excluding hydrogens is 865 g/mol. The van der Waals surface area contributed by atoms with Gasteiger partial charge >= 0.3 is 24.1 Å². The van der Waals surface area contributed by atoms with Gasteiger partial charge in [-0.3, -0.25) is 14.4 Å². The number of nitrogens with one attached hydrogen (secondary N) is 1. The van der Waals surface area contributed by atoms with Crippen LogP contribution in [0.5, 0.6) is 0 Å². The van der Waals surface area contributed by atoms with Crippen LogP contribution >= 0.6 is 21.6 Å². The largest absolute Gasteiger partial charge is 0.464 e. The van der Waals surface area contributed by atoms with Gasteiger partial charge in [-0.15, -0.1) is 0 Å². The number of amides is 2. The monoisotopic (exact) mass is 955 g/mol. The number of nitrogens with zero attached hydrogens (tertiary/aromatic N) is 3. The van der Waals surface area contributed by atoms with Crippen LogP contribution in [0, 0.1) is 11.8 Å². The van der Waals surface area contributed by atoms with E-state index in [-0.39, 0.29) is 62.4 Å². The van der Waals surface area contributed by atoms with Crippen molar-refractivity contribution in [3.05, 3.63) is 18.2 Å². The highest BCUT2D eigenvalue weighted by Gasteiger charge is 2.24. The zero-order chi connectivity index (χ0) is 48.0. The quantitative estimate of drug-likeness (QED) is 0.0288. The first kappa shape index (κ1) is 60.1. The van der Waals surface area contributed by atoms with Gasteiger partial charge in [-0.1, -0.05) is 178 Å². The summed E-state index contributed by atoms with van der Waals surface area (Å²) in [5.41, 5.74) is -0.559. The highest BCUT2D eigenvalue weighted by molar-refractivity contribution is 8.76. The van der Waals surface area contributed by atoms with E-state index in [1.54, 1.807) is 20.8 Å². The summed E-state index contributed by atoms with van der Waals surface area (Å²) in [6, 6.07) is 0. The normalized spacial score (nSPS) is 12.4. The molecule has 0 spiro atoms. The number of hydrogen-bond acceptors (Lipinski definition) is 12. The Hall–Kier alpha value is -2.94. The van der Waals surface area contributed by atoms with E-state index < -0.39 is 23.7 Å². The van der Waals surface area contributed by atoms with Crippen molar-refractivity contribution in [2.75, 3.05) is 51.0 Å². The molecule has 2 atom stereocenters. The molecule has 1 aromatic heterocycles. The zero-order valence-electron chi connectivity index (χ0n) is 41.8. The molecule has 15 heteroatoms. The van der Waals surface area contributed by atoms with Gasteiger partial charge in [-0.2, -0.15) is 0 Å². The number of unbranched alkanes of at least 4 members (excludes halogenated alkanes) is 16. The lowest BCUT2D eigenvalue weighted by Gasteiger charge is -2.23. The predicted octanol–water partition coefficient (Wildman–Crippen LogP) is 13.0. The lowest BCUT2D eigenvalue weighted by Crippen LogP contribution is -2.38. The number of ether oxygens (including phenoxy) is 4. The zero-order valence-corrected chi connectivity index (χ0v) is 43.4. The van der Waals surface area contributed by atoms with Crippen molar-refractivity contribution in [3.63, 3.8) is 0 Å². The van der Waals surface area contributed by atoms with Gasteiger partial charge in [-0.25, -0.2) is 19.1 Å². The molecule has 0 aliphatic heterocycles. The first-order valence-corrected chi connectivity index (χ1v) is 27.9. The summed E-state index contributed by atoms with van der Waals surface area (Å²) in [7, 11) is 3.03. The number of hydrogen-bond donors (Lipinski definition) is 1. The van der Waals surface area contributed by atoms with E-state index in [0.29, 0.717) is 18.1 Å². The van der Waals surface area contributed by atoms with Gasteiger partial charge in [0.05, 0.1) is 24.9 Å². The molecule has 13 nitrogen and oxygen atoms in total. The van der Waals surface area contributed by atoms with Gasteiger partial charge in [-0.05, 0) is 46.5 Å². The minimum absolute atomic E-state index is 0.0412. The number of carbonyl (C=O) groups is 5.